The molecule has 2 heterocycles. The number of amides is 4. The van der Waals surface area contributed by atoms with Gasteiger partial charge in [0.1, 0.15) is 12.1 Å². The number of ether oxygens (including phenoxy) is 1. The Balaban J connectivity index is 1.70. The van der Waals surface area contributed by atoms with Crippen LogP contribution < -0.4 is 5.32 Å². The lowest BCUT2D eigenvalue weighted by Gasteiger charge is -2.44. The zero-order chi connectivity index (χ0) is 17.3. The summed E-state index contributed by atoms with van der Waals surface area (Å²) in [4.78, 5) is 40.6. The zero-order valence-electron chi connectivity index (χ0n) is 14.5. The summed E-state index contributed by atoms with van der Waals surface area (Å²) in [5.74, 6) is -0.430. The summed E-state index contributed by atoms with van der Waals surface area (Å²) in [7, 11) is 0. The lowest BCUT2D eigenvalue weighted by molar-refractivity contribution is -0.152. The second-order valence-electron chi connectivity index (χ2n) is 6.96. The van der Waals surface area contributed by atoms with E-state index >= 15 is 0 Å². The second kappa shape index (κ2) is 6.70. The van der Waals surface area contributed by atoms with Crippen molar-refractivity contribution in [2.24, 2.45) is 0 Å². The molecule has 0 bridgehead atoms. The Morgan fingerprint density at radius 1 is 1.25 bits per heavy atom. The minimum absolute atomic E-state index is 0.0860. The number of urea groups is 1. The maximum atomic E-state index is 12.8. The van der Waals surface area contributed by atoms with E-state index in [4.69, 9.17) is 4.74 Å². The van der Waals surface area contributed by atoms with Gasteiger partial charge in [-0.05, 0) is 25.7 Å². The molecule has 2 saturated heterocycles. The first kappa shape index (κ1) is 17.2. The van der Waals surface area contributed by atoms with Crippen LogP contribution >= 0.6 is 0 Å². The lowest BCUT2D eigenvalue weighted by atomic mass is 9.90. The fourth-order valence-electron chi connectivity index (χ4n) is 4.18. The summed E-state index contributed by atoms with van der Waals surface area (Å²) in [5, 5.41) is 2.77. The molecule has 7 heteroatoms. The first-order valence-electron chi connectivity index (χ1n) is 9.07. The highest BCUT2D eigenvalue weighted by molar-refractivity contribution is 6.09. The van der Waals surface area contributed by atoms with E-state index in [2.05, 4.69) is 5.32 Å². The van der Waals surface area contributed by atoms with Crippen LogP contribution in [-0.4, -0.2) is 65.0 Å². The average molecular weight is 337 g/mol. The molecule has 4 amide bonds. The standard InChI is InChI=1S/C17H27N3O4/c1-3-17(4-2)15(22)20(16(23)18-17)11-14(21)19-9-10-24-13-8-6-5-7-12(13)19/h12-13H,3-11H2,1-2H3,(H,18,23)/t12-,13+/m0/s1. The van der Waals surface area contributed by atoms with Gasteiger partial charge in [0.15, 0.2) is 0 Å². The van der Waals surface area contributed by atoms with E-state index in [9.17, 15) is 14.4 Å². The van der Waals surface area contributed by atoms with Crippen LogP contribution in [0.5, 0.6) is 0 Å². The van der Waals surface area contributed by atoms with Gasteiger partial charge < -0.3 is 15.0 Å². The molecule has 2 aliphatic heterocycles. The Morgan fingerprint density at radius 2 is 1.96 bits per heavy atom. The van der Waals surface area contributed by atoms with Crippen molar-refractivity contribution in [2.45, 2.75) is 70.1 Å². The van der Waals surface area contributed by atoms with Crippen molar-refractivity contribution in [3.63, 3.8) is 0 Å². The minimum atomic E-state index is -0.851. The average Bonchev–Trinajstić information content (AvgIpc) is 2.85. The van der Waals surface area contributed by atoms with Crippen LogP contribution in [-0.2, 0) is 14.3 Å². The summed E-state index contributed by atoms with van der Waals surface area (Å²) in [6.45, 7) is 4.65. The monoisotopic (exact) mass is 337 g/mol. The molecule has 7 nitrogen and oxygen atoms in total. The maximum absolute atomic E-state index is 12.8. The van der Waals surface area contributed by atoms with Crippen molar-refractivity contribution in [1.82, 2.24) is 15.1 Å². The summed E-state index contributed by atoms with van der Waals surface area (Å²) in [5.41, 5.74) is -0.851. The Kier molecular flexibility index (Phi) is 4.80. The SMILES string of the molecule is CCC1(CC)NC(=O)N(CC(=O)N2CCO[C@@H]3CCCC[C@@H]32)C1=O. The van der Waals surface area contributed by atoms with Gasteiger partial charge in [-0.1, -0.05) is 26.7 Å². The van der Waals surface area contributed by atoms with Crippen LogP contribution in [0.1, 0.15) is 52.4 Å². The highest BCUT2D eigenvalue weighted by Crippen LogP contribution is 2.29. The molecule has 1 aliphatic carbocycles. The topological polar surface area (TPSA) is 79.0 Å². The lowest BCUT2D eigenvalue weighted by Crippen LogP contribution is -2.57. The van der Waals surface area contributed by atoms with Crippen molar-refractivity contribution >= 4 is 17.8 Å². The van der Waals surface area contributed by atoms with Gasteiger partial charge in [-0.25, -0.2) is 4.79 Å². The van der Waals surface area contributed by atoms with Crippen LogP contribution in [0, 0.1) is 0 Å². The number of carbonyl (C=O) groups is 3. The van der Waals surface area contributed by atoms with Crippen molar-refractivity contribution in [3.05, 3.63) is 0 Å². The third kappa shape index (κ3) is 2.79. The number of fused-ring (bicyclic) bond motifs is 1. The van der Waals surface area contributed by atoms with Gasteiger partial charge in [0.2, 0.25) is 5.91 Å². The molecule has 0 aromatic rings. The Labute approximate surface area is 142 Å². The summed E-state index contributed by atoms with van der Waals surface area (Å²) < 4.78 is 5.79. The highest BCUT2D eigenvalue weighted by atomic mass is 16.5. The number of hydrogen-bond donors (Lipinski definition) is 1. The number of morpholine rings is 1. The maximum Gasteiger partial charge on any atom is 0.325 e. The van der Waals surface area contributed by atoms with E-state index in [1.807, 2.05) is 18.7 Å². The van der Waals surface area contributed by atoms with Crippen LogP contribution in [0.15, 0.2) is 0 Å². The molecule has 3 rings (SSSR count). The Bertz CT molecular complexity index is 530. The van der Waals surface area contributed by atoms with Crippen LogP contribution in [0.4, 0.5) is 4.79 Å². The van der Waals surface area contributed by atoms with Crippen molar-refractivity contribution in [3.8, 4) is 0 Å². The normalized spacial score (nSPS) is 29.4. The molecule has 0 aromatic heterocycles. The predicted octanol–water partition coefficient (Wildman–Crippen LogP) is 1.27. The Hall–Kier alpha value is -1.63. The van der Waals surface area contributed by atoms with E-state index in [0.717, 1.165) is 30.6 Å². The van der Waals surface area contributed by atoms with Crippen LogP contribution in [0.2, 0.25) is 0 Å². The molecule has 0 unspecified atom stereocenters. The smallest absolute Gasteiger partial charge is 0.325 e. The Morgan fingerprint density at radius 3 is 2.62 bits per heavy atom. The fraction of sp³-hybridized carbons (Fsp3) is 0.824. The summed E-state index contributed by atoms with van der Waals surface area (Å²) in [6.07, 6.45) is 5.29. The predicted molar refractivity (Wildman–Crippen MR) is 87.3 cm³/mol. The quantitative estimate of drug-likeness (QED) is 0.784. The van der Waals surface area contributed by atoms with E-state index in [1.54, 1.807) is 0 Å². The second-order valence-corrected chi connectivity index (χ2v) is 6.96. The molecule has 134 valence electrons. The minimum Gasteiger partial charge on any atom is -0.374 e. The zero-order valence-corrected chi connectivity index (χ0v) is 14.5. The highest BCUT2D eigenvalue weighted by Gasteiger charge is 2.50. The third-order valence-electron chi connectivity index (χ3n) is 5.80. The number of carbonyl (C=O) groups excluding carboxylic acids is 3. The fourth-order valence-corrected chi connectivity index (χ4v) is 4.18. The molecule has 24 heavy (non-hydrogen) atoms. The van der Waals surface area contributed by atoms with Gasteiger partial charge in [0.05, 0.1) is 18.8 Å². The van der Waals surface area contributed by atoms with Gasteiger partial charge in [0.25, 0.3) is 5.91 Å². The molecule has 1 N–H and O–H groups in total. The first-order chi connectivity index (χ1) is 11.5. The molecular weight excluding hydrogens is 310 g/mol. The first-order valence-corrected chi connectivity index (χ1v) is 9.07. The van der Waals surface area contributed by atoms with Gasteiger partial charge in [0, 0.05) is 6.54 Å². The van der Waals surface area contributed by atoms with Crippen LogP contribution in [0.25, 0.3) is 0 Å². The van der Waals surface area contributed by atoms with Gasteiger partial charge in [-0.3, -0.25) is 14.5 Å². The van der Waals surface area contributed by atoms with E-state index in [1.165, 1.54) is 0 Å². The van der Waals surface area contributed by atoms with Crippen molar-refractivity contribution < 1.29 is 19.1 Å². The van der Waals surface area contributed by atoms with Gasteiger partial charge >= 0.3 is 6.03 Å². The van der Waals surface area contributed by atoms with Crippen molar-refractivity contribution in [1.29, 1.82) is 0 Å². The molecule has 1 saturated carbocycles. The third-order valence-corrected chi connectivity index (χ3v) is 5.80. The summed E-state index contributed by atoms with van der Waals surface area (Å²) in [6, 6.07) is -0.367. The molecule has 0 spiro atoms. The number of nitrogens with zero attached hydrogens (tertiary/aromatic N) is 2. The van der Waals surface area contributed by atoms with Gasteiger partial charge in [-0.2, -0.15) is 0 Å². The number of imide groups is 1. The molecule has 3 fully saturated rings. The number of hydrogen-bond acceptors (Lipinski definition) is 4. The molecule has 3 aliphatic rings. The largest absolute Gasteiger partial charge is 0.374 e. The molecular formula is C17H27N3O4. The number of nitrogens with one attached hydrogen (secondary N) is 1. The van der Waals surface area contributed by atoms with Crippen molar-refractivity contribution in [2.75, 3.05) is 19.7 Å². The van der Waals surface area contributed by atoms with E-state index in [-0.39, 0.29) is 30.5 Å². The summed E-state index contributed by atoms with van der Waals surface area (Å²) >= 11 is 0. The van der Waals surface area contributed by atoms with E-state index in [0.29, 0.717) is 26.0 Å². The number of rotatable bonds is 4. The molecule has 0 radical (unpaired) electrons. The molecule has 2 atom stereocenters. The van der Waals surface area contributed by atoms with E-state index < -0.39 is 11.6 Å². The molecule has 0 aromatic carbocycles. The van der Waals surface area contributed by atoms with Gasteiger partial charge in [-0.15, -0.1) is 0 Å². The van der Waals surface area contributed by atoms with Crippen LogP contribution in [0.3, 0.4) is 0 Å².